The molecule has 0 saturated heterocycles. The molecule has 2 aromatic rings. The fourth-order valence-electron chi connectivity index (χ4n) is 3.44. The van der Waals surface area contributed by atoms with Crippen molar-refractivity contribution >= 4 is 38.5 Å². The average Bonchev–Trinajstić information content (AvgIpc) is 3.13. The number of carbonyl (C=O) groups is 2. The molecule has 31 heavy (non-hydrogen) atoms. The normalized spacial score (nSPS) is 16.8. The Bertz CT molecular complexity index is 1310. The van der Waals surface area contributed by atoms with Crippen LogP contribution in [-0.4, -0.2) is 54.4 Å². The third kappa shape index (κ3) is 4.27. The highest BCUT2D eigenvalue weighted by atomic mass is 32.2. The van der Waals surface area contributed by atoms with Gasteiger partial charge in [0.2, 0.25) is 5.78 Å². The Kier molecular flexibility index (Phi) is 5.44. The van der Waals surface area contributed by atoms with Gasteiger partial charge in [0.1, 0.15) is 5.84 Å². The Morgan fingerprint density at radius 1 is 1.23 bits per heavy atom. The number of aryl methyl sites for hydroxylation is 1. The molecule has 0 N–H and O–H groups in total. The molecule has 3 heterocycles. The van der Waals surface area contributed by atoms with Crippen molar-refractivity contribution in [2.24, 2.45) is 4.40 Å². The van der Waals surface area contributed by atoms with Gasteiger partial charge < -0.3 is 14.2 Å². The van der Waals surface area contributed by atoms with E-state index in [1.807, 2.05) is 28.8 Å². The number of Topliss-reactive ketones (excluding diaryl/α,β-unsaturated/α-hetero) is 1. The molecule has 0 spiro atoms. The van der Waals surface area contributed by atoms with Gasteiger partial charge in [-0.2, -0.15) is 5.26 Å². The predicted molar refractivity (Wildman–Crippen MR) is 113 cm³/mol. The number of hydrogen-bond donors (Lipinski definition) is 0. The number of esters is 1. The van der Waals surface area contributed by atoms with E-state index < -0.39 is 22.6 Å². The van der Waals surface area contributed by atoms with Crippen molar-refractivity contribution < 1.29 is 22.7 Å². The van der Waals surface area contributed by atoms with Gasteiger partial charge >= 0.3 is 5.97 Å². The molecule has 0 fully saturated rings. The first-order valence-corrected chi connectivity index (χ1v) is 11.1. The third-order valence-electron chi connectivity index (χ3n) is 4.95. The molecule has 1 aromatic carbocycles. The summed E-state index contributed by atoms with van der Waals surface area (Å²) in [5, 5.41) is 9.57. The van der Waals surface area contributed by atoms with E-state index in [2.05, 4.69) is 10.5 Å². The number of hydrogen-bond acceptors (Lipinski definition) is 7. The van der Waals surface area contributed by atoms with Gasteiger partial charge in [-0.05, 0) is 18.2 Å². The van der Waals surface area contributed by atoms with Crippen LogP contribution in [0, 0.1) is 11.3 Å². The van der Waals surface area contributed by atoms with Crippen molar-refractivity contribution in [3.05, 3.63) is 60.0 Å². The number of para-hydroxylation sites is 1. The van der Waals surface area contributed by atoms with Crippen molar-refractivity contribution in [2.75, 3.05) is 18.9 Å². The summed E-state index contributed by atoms with van der Waals surface area (Å²) in [6.07, 6.45) is 6.29. The van der Waals surface area contributed by atoms with Crippen LogP contribution in [0.4, 0.5) is 0 Å². The molecular weight excluding hydrogens is 420 g/mol. The highest BCUT2D eigenvalue weighted by molar-refractivity contribution is 7.90. The summed E-state index contributed by atoms with van der Waals surface area (Å²) in [5.41, 5.74) is 1.45. The minimum Gasteiger partial charge on any atom is -0.454 e. The number of nitrogens with zero attached hydrogens (tertiary/aromatic N) is 4. The molecule has 0 amide bonds. The number of aromatic nitrogens is 1. The van der Waals surface area contributed by atoms with E-state index in [0.717, 1.165) is 10.9 Å². The number of ketones is 1. The number of rotatable bonds is 6. The van der Waals surface area contributed by atoms with Gasteiger partial charge in [-0.15, -0.1) is 4.40 Å². The van der Waals surface area contributed by atoms with Crippen molar-refractivity contribution in [2.45, 2.75) is 13.0 Å². The van der Waals surface area contributed by atoms with Gasteiger partial charge in [-0.25, -0.2) is 13.2 Å². The highest BCUT2D eigenvalue weighted by Gasteiger charge is 2.26. The second kappa shape index (κ2) is 8.20. The minimum absolute atomic E-state index is 0.141. The molecule has 9 nitrogen and oxygen atoms in total. The molecule has 0 bridgehead atoms. The first kappa shape index (κ1) is 20.6. The summed E-state index contributed by atoms with van der Waals surface area (Å²) in [5.74, 6) is -0.946. The number of sulfonamides is 1. The smallest absolute Gasteiger partial charge is 0.340 e. The zero-order chi connectivity index (χ0) is 22.0. The van der Waals surface area contributed by atoms with Gasteiger partial charge in [0.15, 0.2) is 6.61 Å². The van der Waals surface area contributed by atoms with E-state index in [1.165, 1.54) is 18.4 Å². The number of ether oxygens (including phenoxy) is 1. The molecule has 1 aromatic heterocycles. The fraction of sp³-hybridized carbons (Fsp3) is 0.238. The number of carbonyl (C=O) groups excluding carboxylic acids is 2. The Morgan fingerprint density at radius 3 is 2.84 bits per heavy atom. The van der Waals surface area contributed by atoms with Crippen LogP contribution < -0.4 is 0 Å². The van der Waals surface area contributed by atoms with Crippen LogP contribution in [-0.2, 0) is 26.1 Å². The second-order valence-corrected chi connectivity index (χ2v) is 8.76. The first-order valence-electron chi connectivity index (χ1n) is 9.52. The summed E-state index contributed by atoms with van der Waals surface area (Å²) < 4.78 is 33.8. The van der Waals surface area contributed by atoms with Crippen LogP contribution in [0.25, 0.3) is 10.9 Å². The van der Waals surface area contributed by atoms with Crippen LogP contribution in [0.3, 0.4) is 0 Å². The van der Waals surface area contributed by atoms with Crippen molar-refractivity contribution in [3.63, 3.8) is 0 Å². The molecule has 158 valence electrons. The summed E-state index contributed by atoms with van der Waals surface area (Å²) in [4.78, 5) is 26.7. The van der Waals surface area contributed by atoms with Gasteiger partial charge in [0.25, 0.3) is 10.0 Å². The Hall–Kier alpha value is -3.71. The molecule has 0 unspecified atom stereocenters. The molecular formula is C21H18N4O5S. The third-order valence-corrected chi connectivity index (χ3v) is 6.11. The van der Waals surface area contributed by atoms with E-state index in [0.29, 0.717) is 18.5 Å². The number of fused-ring (bicyclic) bond motifs is 2. The highest BCUT2D eigenvalue weighted by Crippen LogP contribution is 2.23. The van der Waals surface area contributed by atoms with Gasteiger partial charge in [-0.1, -0.05) is 18.2 Å². The second-order valence-electron chi connectivity index (χ2n) is 7.01. The Labute approximate surface area is 178 Å². The number of nitriles is 1. The largest absolute Gasteiger partial charge is 0.454 e. The van der Waals surface area contributed by atoms with Gasteiger partial charge in [0, 0.05) is 42.0 Å². The zero-order valence-electron chi connectivity index (χ0n) is 16.4. The molecule has 0 atom stereocenters. The summed E-state index contributed by atoms with van der Waals surface area (Å²) in [6, 6.07) is 9.43. The molecule has 10 heteroatoms. The molecule has 0 aliphatic carbocycles. The SMILES string of the molecule is N#CCCn1cc(C(=O)COC(=O)C2=CN3CCS(=O)(=O)N=C3C=C2)c2ccccc21. The van der Waals surface area contributed by atoms with Crippen LogP contribution in [0.1, 0.15) is 16.8 Å². The number of benzene rings is 1. The van der Waals surface area contributed by atoms with Gasteiger partial charge in [0.05, 0.1) is 23.8 Å². The first-order chi connectivity index (χ1) is 14.9. The molecule has 0 radical (unpaired) electrons. The van der Waals surface area contributed by atoms with E-state index in [-0.39, 0.29) is 29.5 Å². The maximum atomic E-state index is 12.7. The van der Waals surface area contributed by atoms with Gasteiger partial charge in [-0.3, -0.25) is 4.79 Å². The molecule has 2 aliphatic heterocycles. The van der Waals surface area contributed by atoms with E-state index in [1.54, 1.807) is 11.1 Å². The lowest BCUT2D eigenvalue weighted by atomic mass is 10.1. The topological polar surface area (TPSA) is 122 Å². The standard InChI is InChI=1S/C21H18N4O5S/c22-8-3-9-24-13-17(16-4-1-2-5-18(16)24)19(26)14-30-21(27)15-6-7-20-23-31(28,29)11-10-25(20)12-15/h1-2,4-7,12-13H,3,9-11,14H2. The van der Waals surface area contributed by atoms with Crippen LogP contribution >= 0.6 is 0 Å². The number of amidine groups is 1. The molecule has 0 saturated carbocycles. The van der Waals surface area contributed by atoms with Crippen LogP contribution in [0.2, 0.25) is 0 Å². The summed E-state index contributed by atoms with van der Waals surface area (Å²) in [6.45, 7) is 0.201. The van der Waals surface area contributed by atoms with E-state index >= 15 is 0 Å². The predicted octanol–water partition coefficient (Wildman–Crippen LogP) is 1.78. The Morgan fingerprint density at radius 2 is 2.03 bits per heavy atom. The maximum absolute atomic E-state index is 12.7. The summed E-state index contributed by atoms with van der Waals surface area (Å²) >= 11 is 0. The maximum Gasteiger partial charge on any atom is 0.340 e. The Balaban J connectivity index is 1.46. The summed E-state index contributed by atoms with van der Waals surface area (Å²) in [7, 11) is -3.48. The zero-order valence-corrected chi connectivity index (χ0v) is 17.2. The van der Waals surface area contributed by atoms with E-state index in [4.69, 9.17) is 10.00 Å². The van der Waals surface area contributed by atoms with Crippen molar-refractivity contribution in [1.82, 2.24) is 9.47 Å². The monoisotopic (exact) mass is 438 g/mol. The average molecular weight is 438 g/mol. The lowest BCUT2D eigenvalue weighted by Gasteiger charge is -2.26. The molecule has 4 rings (SSSR count). The molecule has 2 aliphatic rings. The lowest BCUT2D eigenvalue weighted by molar-refractivity contribution is -0.137. The fourth-order valence-corrected chi connectivity index (χ4v) is 4.41. The van der Waals surface area contributed by atoms with Crippen LogP contribution in [0.5, 0.6) is 0 Å². The minimum atomic E-state index is -3.48. The van der Waals surface area contributed by atoms with E-state index in [9.17, 15) is 18.0 Å². The quantitative estimate of drug-likeness (QED) is 0.498. The van der Waals surface area contributed by atoms with Crippen molar-refractivity contribution in [3.8, 4) is 6.07 Å². The van der Waals surface area contributed by atoms with Crippen molar-refractivity contribution in [1.29, 1.82) is 5.26 Å². The lowest BCUT2D eigenvalue weighted by Crippen LogP contribution is -2.37. The van der Waals surface area contributed by atoms with Crippen LogP contribution in [0.15, 0.2) is 58.8 Å².